The van der Waals surface area contributed by atoms with E-state index in [0.717, 1.165) is 11.1 Å². The Hall–Kier alpha value is -0.900. The highest BCUT2D eigenvalue weighted by molar-refractivity contribution is 5.41. The second-order valence-corrected chi connectivity index (χ2v) is 5.54. The first-order chi connectivity index (χ1) is 7.95. The van der Waals surface area contributed by atoms with E-state index in [1.807, 2.05) is 0 Å². The molecule has 0 aliphatic heterocycles. The number of fused-ring (bicyclic) bond motifs is 1. The van der Waals surface area contributed by atoms with Crippen LogP contribution in [-0.2, 0) is 16.8 Å². The Balaban J connectivity index is 2.47. The number of aliphatic hydroxyl groups excluding tert-OH is 1. The highest BCUT2D eigenvalue weighted by Crippen LogP contribution is 2.41. The van der Waals surface area contributed by atoms with Gasteiger partial charge in [0.1, 0.15) is 0 Å². The summed E-state index contributed by atoms with van der Waals surface area (Å²) in [6.07, 6.45) is 0.250. The molecule has 17 heavy (non-hydrogen) atoms. The molecule has 1 aliphatic carbocycles. The van der Waals surface area contributed by atoms with Gasteiger partial charge in [-0.05, 0) is 28.5 Å². The summed E-state index contributed by atoms with van der Waals surface area (Å²) in [4.78, 5) is 0. The van der Waals surface area contributed by atoms with Gasteiger partial charge in [0.05, 0.1) is 18.8 Å². The van der Waals surface area contributed by atoms with Gasteiger partial charge in [0.15, 0.2) is 0 Å². The maximum absolute atomic E-state index is 10.0. The van der Waals surface area contributed by atoms with Gasteiger partial charge in [0, 0.05) is 7.11 Å². The third-order valence-electron chi connectivity index (χ3n) is 3.65. The lowest BCUT2D eigenvalue weighted by atomic mass is 9.69. The summed E-state index contributed by atoms with van der Waals surface area (Å²) in [5.41, 5.74) is 9.48. The van der Waals surface area contributed by atoms with E-state index in [4.69, 9.17) is 10.5 Å². The van der Waals surface area contributed by atoms with Crippen LogP contribution >= 0.6 is 0 Å². The summed E-state index contributed by atoms with van der Waals surface area (Å²) in [6.45, 7) is 4.88. The number of benzene rings is 1. The number of methoxy groups -OCH3 is 1. The minimum Gasteiger partial charge on any atom is -0.391 e. The number of hydrogen-bond acceptors (Lipinski definition) is 3. The molecule has 0 fully saturated rings. The van der Waals surface area contributed by atoms with Crippen molar-refractivity contribution >= 4 is 0 Å². The normalized spacial score (nSPS) is 26.6. The SMILES string of the molecule is COCc1ccc2c(c1)C(N)C(O)CC2(C)C. The molecule has 2 atom stereocenters. The highest BCUT2D eigenvalue weighted by Gasteiger charge is 2.36. The minimum absolute atomic E-state index is 0.0176. The van der Waals surface area contributed by atoms with Gasteiger partial charge in [0.2, 0.25) is 0 Å². The molecule has 0 bridgehead atoms. The molecule has 94 valence electrons. The number of ether oxygens (including phenoxy) is 1. The molecule has 0 saturated heterocycles. The second-order valence-electron chi connectivity index (χ2n) is 5.54. The van der Waals surface area contributed by atoms with Crippen LogP contribution < -0.4 is 5.73 Å². The zero-order valence-corrected chi connectivity index (χ0v) is 10.7. The van der Waals surface area contributed by atoms with E-state index in [9.17, 15) is 5.11 Å². The monoisotopic (exact) mass is 235 g/mol. The summed E-state index contributed by atoms with van der Waals surface area (Å²) in [5.74, 6) is 0. The summed E-state index contributed by atoms with van der Waals surface area (Å²) < 4.78 is 5.13. The first-order valence-electron chi connectivity index (χ1n) is 6.01. The molecule has 1 aromatic rings. The van der Waals surface area contributed by atoms with Crippen LogP contribution in [0.2, 0.25) is 0 Å². The molecule has 0 spiro atoms. The molecule has 2 unspecified atom stereocenters. The van der Waals surface area contributed by atoms with Crippen molar-refractivity contribution in [1.29, 1.82) is 0 Å². The fourth-order valence-electron chi connectivity index (χ4n) is 2.73. The standard InChI is InChI=1S/C14H21NO2/c1-14(2)7-12(16)13(15)10-6-9(8-17-3)4-5-11(10)14/h4-6,12-13,16H,7-8,15H2,1-3H3. The Morgan fingerprint density at radius 3 is 2.82 bits per heavy atom. The molecule has 3 N–H and O–H groups in total. The van der Waals surface area contributed by atoms with Gasteiger partial charge in [0.25, 0.3) is 0 Å². The van der Waals surface area contributed by atoms with Crippen LogP contribution in [0.3, 0.4) is 0 Å². The fourth-order valence-corrected chi connectivity index (χ4v) is 2.73. The van der Waals surface area contributed by atoms with E-state index in [1.165, 1.54) is 5.56 Å². The average molecular weight is 235 g/mol. The first-order valence-corrected chi connectivity index (χ1v) is 6.01. The summed E-state index contributed by atoms with van der Waals surface area (Å²) in [7, 11) is 1.68. The lowest BCUT2D eigenvalue weighted by Crippen LogP contribution is -2.39. The summed E-state index contributed by atoms with van der Waals surface area (Å²) in [5, 5.41) is 10.0. The number of rotatable bonds is 2. The largest absolute Gasteiger partial charge is 0.391 e. The van der Waals surface area contributed by atoms with Crippen LogP contribution in [0.15, 0.2) is 18.2 Å². The van der Waals surface area contributed by atoms with Crippen LogP contribution in [0, 0.1) is 0 Å². The van der Waals surface area contributed by atoms with Gasteiger partial charge >= 0.3 is 0 Å². The Morgan fingerprint density at radius 1 is 1.47 bits per heavy atom. The predicted octanol–water partition coefficient (Wildman–Crippen LogP) is 1.88. The first kappa shape index (κ1) is 12.6. The van der Waals surface area contributed by atoms with Crippen LogP contribution in [0.4, 0.5) is 0 Å². The third-order valence-corrected chi connectivity index (χ3v) is 3.65. The topological polar surface area (TPSA) is 55.5 Å². The van der Waals surface area contributed by atoms with E-state index in [-0.39, 0.29) is 11.5 Å². The summed E-state index contributed by atoms with van der Waals surface area (Å²) >= 11 is 0. The molecule has 0 aromatic heterocycles. The van der Waals surface area contributed by atoms with Crippen molar-refractivity contribution in [2.75, 3.05) is 7.11 Å². The Kier molecular flexibility index (Phi) is 3.25. The number of hydrogen-bond donors (Lipinski definition) is 2. The van der Waals surface area contributed by atoms with Crippen molar-refractivity contribution in [2.24, 2.45) is 5.73 Å². The van der Waals surface area contributed by atoms with Crippen molar-refractivity contribution in [1.82, 2.24) is 0 Å². The quantitative estimate of drug-likeness (QED) is 0.823. The van der Waals surface area contributed by atoms with Crippen molar-refractivity contribution in [3.63, 3.8) is 0 Å². The smallest absolute Gasteiger partial charge is 0.0741 e. The van der Waals surface area contributed by atoms with Gasteiger partial charge in [-0.15, -0.1) is 0 Å². The van der Waals surface area contributed by atoms with Crippen LogP contribution in [0.25, 0.3) is 0 Å². The highest BCUT2D eigenvalue weighted by atomic mass is 16.5. The lowest BCUT2D eigenvalue weighted by molar-refractivity contribution is 0.0992. The average Bonchev–Trinajstić information content (AvgIpc) is 2.26. The molecule has 0 amide bonds. The fraction of sp³-hybridized carbons (Fsp3) is 0.571. The second kappa shape index (κ2) is 4.41. The molecular formula is C14H21NO2. The van der Waals surface area contributed by atoms with E-state index >= 15 is 0 Å². The predicted molar refractivity (Wildman–Crippen MR) is 67.7 cm³/mol. The molecule has 1 aliphatic rings. The van der Waals surface area contributed by atoms with Crippen molar-refractivity contribution in [3.05, 3.63) is 34.9 Å². The van der Waals surface area contributed by atoms with Crippen molar-refractivity contribution < 1.29 is 9.84 Å². The molecular weight excluding hydrogens is 214 g/mol. The number of aliphatic hydroxyl groups is 1. The number of nitrogens with two attached hydrogens (primary N) is 1. The van der Waals surface area contributed by atoms with E-state index in [0.29, 0.717) is 13.0 Å². The minimum atomic E-state index is -0.463. The van der Waals surface area contributed by atoms with Crippen molar-refractivity contribution in [3.8, 4) is 0 Å². The zero-order chi connectivity index (χ0) is 12.6. The maximum atomic E-state index is 10.0. The van der Waals surface area contributed by atoms with Gasteiger partial charge < -0.3 is 15.6 Å². The summed E-state index contributed by atoms with van der Waals surface area (Å²) in [6, 6.07) is 5.98. The maximum Gasteiger partial charge on any atom is 0.0741 e. The van der Waals surface area contributed by atoms with E-state index in [2.05, 4.69) is 32.0 Å². The Labute approximate surface area is 103 Å². The van der Waals surface area contributed by atoms with Gasteiger partial charge in [-0.3, -0.25) is 0 Å². The van der Waals surface area contributed by atoms with Crippen molar-refractivity contribution in [2.45, 2.75) is 44.4 Å². The van der Waals surface area contributed by atoms with Gasteiger partial charge in [-0.25, -0.2) is 0 Å². The van der Waals surface area contributed by atoms with Crippen LogP contribution in [0.5, 0.6) is 0 Å². The molecule has 0 radical (unpaired) electrons. The van der Waals surface area contributed by atoms with E-state index < -0.39 is 6.10 Å². The molecule has 3 heteroatoms. The molecule has 2 rings (SSSR count). The van der Waals surface area contributed by atoms with E-state index in [1.54, 1.807) is 7.11 Å². The van der Waals surface area contributed by atoms with Gasteiger partial charge in [-0.1, -0.05) is 32.0 Å². The zero-order valence-electron chi connectivity index (χ0n) is 10.7. The van der Waals surface area contributed by atoms with Gasteiger partial charge in [-0.2, -0.15) is 0 Å². The van der Waals surface area contributed by atoms with Crippen LogP contribution in [-0.4, -0.2) is 18.3 Å². The molecule has 0 saturated carbocycles. The molecule has 1 aromatic carbocycles. The third kappa shape index (κ3) is 2.23. The molecule has 0 heterocycles. The Bertz CT molecular complexity index is 415. The van der Waals surface area contributed by atoms with Crippen LogP contribution in [0.1, 0.15) is 43.0 Å². The Morgan fingerprint density at radius 2 is 2.18 bits per heavy atom. The lowest BCUT2D eigenvalue weighted by Gasteiger charge is -2.39. The molecule has 3 nitrogen and oxygen atoms in total.